The zero-order valence-corrected chi connectivity index (χ0v) is 31.0. The van der Waals surface area contributed by atoms with Crippen molar-refractivity contribution in [1.29, 1.82) is 0 Å². The predicted molar refractivity (Wildman–Crippen MR) is 225 cm³/mol. The second kappa shape index (κ2) is 53.9. The summed E-state index contributed by atoms with van der Waals surface area (Å²) in [6.45, 7) is 21.3. The van der Waals surface area contributed by atoms with Crippen molar-refractivity contribution in [3.63, 3.8) is 0 Å². The summed E-state index contributed by atoms with van der Waals surface area (Å²) in [5.41, 5.74) is 0.469. The molecule has 0 fully saturated rings. The first-order valence-electron chi connectivity index (χ1n) is 17.5. The average molecular weight is 773 g/mol. The number of carbonyl (C=O) groups is 1. The topological polar surface area (TPSA) is 120 Å². The van der Waals surface area contributed by atoms with E-state index in [2.05, 4.69) is 36.3 Å². The van der Waals surface area contributed by atoms with Gasteiger partial charge < -0.3 is 42.8 Å². The van der Waals surface area contributed by atoms with Gasteiger partial charge in [0.2, 0.25) is 0 Å². The molecule has 0 unspecified atom stereocenters. The fourth-order valence-corrected chi connectivity index (χ4v) is 3.56. The Morgan fingerprint density at radius 1 is 0.722 bits per heavy atom. The summed E-state index contributed by atoms with van der Waals surface area (Å²) >= 11 is 0. The first kappa shape index (κ1) is 62.5. The Balaban J connectivity index is -0.000000173. The van der Waals surface area contributed by atoms with Gasteiger partial charge in [-0.3, -0.25) is 0 Å². The van der Waals surface area contributed by atoms with Crippen LogP contribution in [0.4, 0.5) is 0 Å². The van der Waals surface area contributed by atoms with Crippen LogP contribution in [0.25, 0.3) is 0 Å². The molecule has 1 aliphatic carbocycles. The maximum Gasteiger partial charge on any atom is 0.338 e. The molecule has 0 aromatic heterocycles. The number of carbonyl (C=O) groups excluding carboxylic acids is 1. The van der Waals surface area contributed by atoms with Gasteiger partial charge in [0.05, 0.1) is 51.8 Å². The molecule has 0 bridgehead atoms. The molecule has 1 aromatic carbocycles. The number of ether oxygens (including phenoxy) is 8. The van der Waals surface area contributed by atoms with Gasteiger partial charge in [0.15, 0.2) is 0 Å². The van der Waals surface area contributed by atoms with Crippen molar-refractivity contribution in [2.75, 3.05) is 79.5 Å². The normalized spacial score (nSPS) is 10.6. The summed E-state index contributed by atoms with van der Waals surface area (Å²) in [4.78, 5) is 15.1. The maximum absolute atomic E-state index is 11.6. The molecule has 0 heterocycles. The van der Waals surface area contributed by atoms with E-state index in [1.165, 1.54) is 25.2 Å². The standard InChI is InChI=1S/C18H24O6.C16H28O3.C3H6O2.C2H6.4CH4/c1-3-9-21-15-22-12-11-20-13-14-23-17-7-5-16(6-8-17)18(19)24-10-4-2;1-2-17-14-15-18-12-8-3-4-9-13-19-16-10-6-5-7-11-16;1-2-3-5-4;1-2;;;;/h3-8H,1-2,9-15H2;6,10-11H,2-5,7-9,12-15H2,1H3;2-4H,1H3;1-2H3;4*1H4/b;;3-2+;;;;;. The van der Waals surface area contributed by atoms with Gasteiger partial charge in [0, 0.05) is 13.2 Å². The van der Waals surface area contributed by atoms with E-state index in [4.69, 9.17) is 43.2 Å². The smallest absolute Gasteiger partial charge is 0.338 e. The Kier molecular flexibility index (Phi) is 62.4. The van der Waals surface area contributed by atoms with E-state index < -0.39 is 0 Å². The molecule has 11 heteroatoms. The molecular weight excluding hydrogens is 692 g/mol. The third-order valence-electron chi connectivity index (χ3n) is 5.88. The van der Waals surface area contributed by atoms with Crippen LogP contribution in [0.1, 0.15) is 106 Å². The molecule has 0 amide bonds. The highest BCUT2D eigenvalue weighted by Crippen LogP contribution is 2.13. The molecule has 318 valence electrons. The van der Waals surface area contributed by atoms with E-state index in [-0.39, 0.29) is 49.1 Å². The summed E-state index contributed by atoms with van der Waals surface area (Å²) in [6, 6.07) is 6.73. The van der Waals surface area contributed by atoms with Crippen molar-refractivity contribution in [3.05, 3.63) is 91.5 Å². The lowest BCUT2D eigenvalue weighted by Gasteiger charge is -2.09. The van der Waals surface area contributed by atoms with Crippen LogP contribution in [0.15, 0.2) is 85.9 Å². The van der Waals surface area contributed by atoms with Crippen molar-refractivity contribution in [1.82, 2.24) is 0 Å². The van der Waals surface area contributed by atoms with Crippen LogP contribution >= 0.6 is 0 Å². The number of rotatable bonds is 27. The minimum absolute atomic E-state index is 0. The zero-order valence-electron chi connectivity index (χ0n) is 31.0. The third kappa shape index (κ3) is 44.7. The lowest BCUT2D eigenvalue weighted by Crippen LogP contribution is -2.12. The lowest BCUT2D eigenvalue weighted by molar-refractivity contribution is -0.186. The van der Waals surface area contributed by atoms with E-state index in [9.17, 15) is 4.79 Å². The summed E-state index contributed by atoms with van der Waals surface area (Å²) in [5, 5.41) is 7.48. The van der Waals surface area contributed by atoms with Crippen molar-refractivity contribution in [2.24, 2.45) is 0 Å². The van der Waals surface area contributed by atoms with Crippen LogP contribution in [0.5, 0.6) is 5.75 Å². The van der Waals surface area contributed by atoms with Gasteiger partial charge in [-0.1, -0.05) is 74.8 Å². The van der Waals surface area contributed by atoms with E-state index in [0.717, 1.165) is 57.9 Å². The summed E-state index contributed by atoms with van der Waals surface area (Å²) in [7, 11) is 0. The number of hydrogen-bond acceptors (Lipinski definition) is 11. The number of hydrogen-bond donors (Lipinski definition) is 1. The average Bonchev–Trinajstić information content (AvgIpc) is 3.16. The Morgan fingerprint density at radius 3 is 1.87 bits per heavy atom. The number of allylic oxidation sites excluding steroid dienone is 4. The van der Waals surface area contributed by atoms with Crippen LogP contribution in [-0.2, 0) is 38.0 Å². The van der Waals surface area contributed by atoms with Crippen LogP contribution in [-0.4, -0.2) is 90.7 Å². The van der Waals surface area contributed by atoms with E-state index in [0.29, 0.717) is 51.0 Å². The summed E-state index contributed by atoms with van der Waals surface area (Å²) in [5.74, 6) is 1.32. The Morgan fingerprint density at radius 2 is 1.31 bits per heavy atom. The Hall–Kier alpha value is -3.45. The largest absolute Gasteiger partial charge is 0.494 e. The second-order valence-electron chi connectivity index (χ2n) is 9.79. The molecule has 0 saturated carbocycles. The number of esters is 1. The van der Waals surface area contributed by atoms with E-state index in [1.54, 1.807) is 43.3 Å². The zero-order chi connectivity index (χ0) is 37.2. The van der Waals surface area contributed by atoms with Crippen molar-refractivity contribution >= 4 is 5.97 Å². The molecule has 1 N–H and O–H groups in total. The summed E-state index contributed by atoms with van der Waals surface area (Å²) < 4.78 is 42.4. The highest BCUT2D eigenvalue weighted by molar-refractivity contribution is 5.89. The Bertz CT molecular complexity index is 976. The molecule has 54 heavy (non-hydrogen) atoms. The van der Waals surface area contributed by atoms with Gasteiger partial charge in [-0.25, -0.2) is 10.1 Å². The minimum Gasteiger partial charge on any atom is -0.494 e. The Labute approximate surface area is 330 Å². The van der Waals surface area contributed by atoms with Crippen molar-refractivity contribution in [2.45, 2.75) is 95.9 Å². The molecule has 0 spiro atoms. The van der Waals surface area contributed by atoms with Crippen LogP contribution in [0.2, 0.25) is 0 Å². The first-order chi connectivity index (χ1) is 24.6. The number of unbranched alkanes of at least 4 members (excludes halogenated alkanes) is 3. The highest BCUT2D eigenvalue weighted by atomic mass is 17.1. The molecule has 0 saturated heterocycles. The summed E-state index contributed by atoms with van der Waals surface area (Å²) in [6.07, 6.45) is 19.3. The van der Waals surface area contributed by atoms with E-state index >= 15 is 0 Å². The molecule has 0 radical (unpaired) electrons. The SMILES string of the molecule is C.C.C.C.C/C=C/OO.C=CCOCOCCOCCOc1ccc(C(=O)OCC=C)cc1.CC.CCOCCOCCCCCCOC1=CCCC=C1. The predicted octanol–water partition coefficient (Wildman–Crippen LogP) is 11.0. The monoisotopic (exact) mass is 773 g/mol. The van der Waals surface area contributed by atoms with Gasteiger partial charge in [0.25, 0.3) is 0 Å². The lowest BCUT2D eigenvalue weighted by atomic mass is 10.2. The maximum atomic E-state index is 11.6. The van der Waals surface area contributed by atoms with Gasteiger partial charge in [-0.15, -0.1) is 6.58 Å². The van der Waals surface area contributed by atoms with E-state index in [1.807, 2.05) is 20.8 Å². The quantitative estimate of drug-likeness (QED) is 0.0175. The van der Waals surface area contributed by atoms with Crippen molar-refractivity contribution in [3.8, 4) is 5.75 Å². The molecular formula is C43H80O11. The van der Waals surface area contributed by atoms with Gasteiger partial charge >= 0.3 is 5.97 Å². The fourth-order valence-electron chi connectivity index (χ4n) is 3.56. The highest BCUT2D eigenvalue weighted by Gasteiger charge is 2.06. The van der Waals surface area contributed by atoms with Gasteiger partial charge in [0.1, 0.15) is 37.8 Å². The third-order valence-corrected chi connectivity index (χ3v) is 5.88. The van der Waals surface area contributed by atoms with Crippen LogP contribution in [0.3, 0.4) is 0 Å². The molecule has 0 aliphatic heterocycles. The molecule has 11 nitrogen and oxygen atoms in total. The first-order valence-corrected chi connectivity index (χ1v) is 17.5. The van der Waals surface area contributed by atoms with Crippen LogP contribution < -0.4 is 4.74 Å². The number of benzene rings is 1. The molecule has 1 aliphatic rings. The fraction of sp³-hybridized carbons (Fsp3) is 0.605. The molecule has 2 rings (SSSR count). The van der Waals surface area contributed by atoms with Gasteiger partial charge in [-0.05, 0) is 88.4 Å². The molecule has 1 aromatic rings. The van der Waals surface area contributed by atoms with Crippen LogP contribution in [0, 0.1) is 0 Å². The van der Waals surface area contributed by atoms with Crippen molar-refractivity contribution < 1.29 is 52.8 Å². The minimum atomic E-state index is -0.387. The second-order valence-corrected chi connectivity index (χ2v) is 9.79. The molecule has 0 atom stereocenters. The van der Waals surface area contributed by atoms with Gasteiger partial charge in [-0.2, -0.15) is 0 Å².